The molecule has 0 aliphatic heterocycles. The molecule has 2 N–H and O–H groups in total. The van der Waals surface area contributed by atoms with Crippen LogP contribution >= 0.6 is 0 Å². The second-order valence-corrected chi connectivity index (χ2v) is 4.64. The van der Waals surface area contributed by atoms with E-state index < -0.39 is 30.9 Å². The average molecular weight is 269 g/mol. The Morgan fingerprint density at radius 2 is 2.17 bits per heavy atom. The molecule has 1 aliphatic carbocycles. The van der Waals surface area contributed by atoms with Crippen LogP contribution in [-0.2, 0) is 9.53 Å². The number of carbonyl (C=O) groups is 1. The van der Waals surface area contributed by atoms with E-state index in [0.717, 1.165) is 12.8 Å². The molecule has 0 radical (unpaired) electrons. The predicted octanol–water partition coefficient (Wildman–Crippen LogP) is 1.94. The molecular formula is C11H18F3NO3. The maximum atomic E-state index is 12.0. The van der Waals surface area contributed by atoms with E-state index in [-0.39, 0.29) is 6.04 Å². The van der Waals surface area contributed by atoms with Gasteiger partial charge in [-0.3, -0.25) is 4.79 Å². The van der Waals surface area contributed by atoms with Gasteiger partial charge in [0.15, 0.2) is 0 Å². The molecule has 0 saturated heterocycles. The molecule has 4 nitrogen and oxygen atoms in total. The normalized spacial score (nSPS) is 26.9. The van der Waals surface area contributed by atoms with E-state index >= 15 is 0 Å². The van der Waals surface area contributed by atoms with Crippen LogP contribution in [-0.4, -0.2) is 42.0 Å². The first-order chi connectivity index (χ1) is 8.28. The van der Waals surface area contributed by atoms with Gasteiger partial charge in [-0.05, 0) is 32.6 Å². The Labute approximate surface area is 103 Å². The fraction of sp³-hybridized carbons (Fsp3) is 0.909. The van der Waals surface area contributed by atoms with Crippen molar-refractivity contribution in [1.29, 1.82) is 0 Å². The van der Waals surface area contributed by atoms with Gasteiger partial charge in [0.1, 0.15) is 12.6 Å². The van der Waals surface area contributed by atoms with Crippen LogP contribution in [0.2, 0.25) is 0 Å². The molecule has 3 unspecified atom stereocenters. The van der Waals surface area contributed by atoms with E-state index in [2.05, 4.69) is 5.32 Å². The first-order valence-electron chi connectivity index (χ1n) is 5.95. The number of alkyl halides is 3. The highest BCUT2D eigenvalue weighted by Gasteiger charge is 2.31. The molecule has 0 aromatic heterocycles. The Bertz CT molecular complexity index is 283. The molecule has 1 saturated carbocycles. The number of hydrogen-bond donors (Lipinski definition) is 2. The van der Waals surface area contributed by atoms with Crippen molar-refractivity contribution in [2.45, 2.75) is 57.0 Å². The lowest BCUT2D eigenvalue weighted by atomic mass is 9.92. The summed E-state index contributed by atoms with van der Waals surface area (Å²) in [5.74, 6) is -0.965. The number of nitrogens with one attached hydrogen (secondary N) is 1. The highest BCUT2D eigenvalue weighted by Crippen LogP contribution is 2.24. The van der Waals surface area contributed by atoms with E-state index in [4.69, 9.17) is 9.84 Å². The first-order valence-corrected chi connectivity index (χ1v) is 5.95. The molecule has 0 aromatic rings. The zero-order valence-electron chi connectivity index (χ0n) is 10.2. The van der Waals surface area contributed by atoms with E-state index in [1.165, 1.54) is 6.92 Å². The summed E-state index contributed by atoms with van der Waals surface area (Å²) in [7, 11) is 0. The van der Waals surface area contributed by atoms with E-state index in [9.17, 15) is 18.0 Å². The number of rotatable bonds is 5. The Kier molecular flexibility index (Phi) is 5.40. The van der Waals surface area contributed by atoms with Gasteiger partial charge < -0.3 is 15.2 Å². The topological polar surface area (TPSA) is 58.6 Å². The molecule has 0 heterocycles. The van der Waals surface area contributed by atoms with Gasteiger partial charge >= 0.3 is 12.1 Å². The third-order valence-corrected chi connectivity index (χ3v) is 2.96. The summed E-state index contributed by atoms with van der Waals surface area (Å²) in [6.07, 6.45) is -2.23. The molecule has 1 aliphatic rings. The van der Waals surface area contributed by atoms with Gasteiger partial charge in [-0.1, -0.05) is 0 Å². The maximum absolute atomic E-state index is 12.0. The summed E-state index contributed by atoms with van der Waals surface area (Å²) in [4.78, 5) is 10.7. The molecule has 1 rings (SSSR count). The van der Waals surface area contributed by atoms with Gasteiger partial charge in [0.2, 0.25) is 0 Å². The Morgan fingerprint density at radius 1 is 1.50 bits per heavy atom. The standard InChI is InChI=1S/C11H18F3NO3/c1-7(10(16)17)15-8-3-2-4-9(5-8)18-6-11(12,13)14/h7-9,15H,2-6H2,1H3,(H,16,17). The fourth-order valence-electron chi connectivity index (χ4n) is 2.08. The smallest absolute Gasteiger partial charge is 0.411 e. The van der Waals surface area contributed by atoms with Gasteiger partial charge in [0.25, 0.3) is 0 Å². The van der Waals surface area contributed by atoms with Crippen LogP contribution in [0.25, 0.3) is 0 Å². The second kappa shape index (κ2) is 6.38. The molecule has 0 spiro atoms. The molecule has 0 bridgehead atoms. The minimum absolute atomic E-state index is 0.0944. The number of ether oxygens (including phenoxy) is 1. The van der Waals surface area contributed by atoms with Crippen LogP contribution in [0.1, 0.15) is 32.6 Å². The summed E-state index contributed by atoms with van der Waals surface area (Å²) in [5.41, 5.74) is 0. The lowest BCUT2D eigenvalue weighted by Gasteiger charge is -2.31. The quantitative estimate of drug-likeness (QED) is 0.800. The summed E-state index contributed by atoms with van der Waals surface area (Å²) >= 11 is 0. The van der Waals surface area contributed by atoms with Gasteiger partial charge in [-0.25, -0.2) is 0 Å². The van der Waals surface area contributed by atoms with Crippen molar-refractivity contribution in [3.63, 3.8) is 0 Å². The van der Waals surface area contributed by atoms with Crippen LogP contribution in [0.15, 0.2) is 0 Å². The van der Waals surface area contributed by atoms with Crippen molar-refractivity contribution < 1.29 is 27.8 Å². The van der Waals surface area contributed by atoms with Gasteiger partial charge in [0, 0.05) is 6.04 Å². The van der Waals surface area contributed by atoms with Gasteiger partial charge in [-0.2, -0.15) is 13.2 Å². The van der Waals surface area contributed by atoms with E-state index in [1.807, 2.05) is 0 Å². The molecular weight excluding hydrogens is 251 g/mol. The lowest BCUT2D eigenvalue weighted by molar-refractivity contribution is -0.188. The Balaban J connectivity index is 2.34. The van der Waals surface area contributed by atoms with Crippen molar-refractivity contribution in [2.24, 2.45) is 0 Å². The largest absolute Gasteiger partial charge is 0.480 e. The number of carboxylic acid groups (broad SMARTS) is 1. The Morgan fingerprint density at radius 3 is 2.72 bits per heavy atom. The molecule has 18 heavy (non-hydrogen) atoms. The zero-order valence-corrected chi connectivity index (χ0v) is 10.2. The lowest BCUT2D eigenvalue weighted by Crippen LogP contribution is -2.45. The van der Waals surface area contributed by atoms with Crippen LogP contribution in [0.5, 0.6) is 0 Å². The molecule has 1 fully saturated rings. The van der Waals surface area contributed by atoms with Crippen LogP contribution in [0, 0.1) is 0 Å². The van der Waals surface area contributed by atoms with Crippen molar-refractivity contribution in [3.8, 4) is 0 Å². The number of aliphatic carboxylic acids is 1. The SMILES string of the molecule is CC(NC1CCCC(OCC(F)(F)F)C1)C(=O)O. The van der Waals surface area contributed by atoms with Crippen LogP contribution in [0.3, 0.4) is 0 Å². The maximum Gasteiger partial charge on any atom is 0.411 e. The van der Waals surface area contributed by atoms with Crippen molar-refractivity contribution in [3.05, 3.63) is 0 Å². The molecule has 0 amide bonds. The van der Waals surface area contributed by atoms with Crippen molar-refractivity contribution in [1.82, 2.24) is 5.32 Å². The summed E-state index contributed by atoms with van der Waals surface area (Å²) < 4.78 is 40.8. The molecule has 106 valence electrons. The highest BCUT2D eigenvalue weighted by molar-refractivity contribution is 5.72. The number of hydrogen-bond acceptors (Lipinski definition) is 3. The third-order valence-electron chi connectivity index (χ3n) is 2.96. The third kappa shape index (κ3) is 5.68. The first kappa shape index (κ1) is 15.2. The van der Waals surface area contributed by atoms with Gasteiger partial charge in [-0.15, -0.1) is 0 Å². The predicted molar refractivity (Wildman–Crippen MR) is 58.3 cm³/mol. The number of halogens is 3. The molecule has 0 aromatic carbocycles. The van der Waals surface area contributed by atoms with E-state index in [1.54, 1.807) is 0 Å². The summed E-state index contributed by atoms with van der Waals surface area (Å²) in [5, 5.41) is 11.6. The number of carboxylic acids is 1. The van der Waals surface area contributed by atoms with E-state index in [0.29, 0.717) is 12.8 Å². The van der Waals surface area contributed by atoms with Crippen LogP contribution < -0.4 is 5.32 Å². The average Bonchev–Trinajstić information content (AvgIpc) is 2.26. The minimum Gasteiger partial charge on any atom is -0.480 e. The minimum atomic E-state index is -4.31. The molecule has 3 atom stereocenters. The second-order valence-electron chi connectivity index (χ2n) is 4.64. The zero-order chi connectivity index (χ0) is 13.8. The van der Waals surface area contributed by atoms with Crippen molar-refractivity contribution in [2.75, 3.05) is 6.61 Å². The fourth-order valence-corrected chi connectivity index (χ4v) is 2.08. The Hall–Kier alpha value is -0.820. The summed E-state index contributed by atoms with van der Waals surface area (Å²) in [6, 6.07) is -0.792. The summed E-state index contributed by atoms with van der Waals surface area (Å²) in [6.45, 7) is 0.279. The van der Waals surface area contributed by atoms with Gasteiger partial charge in [0.05, 0.1) is 6.10 Å². The monoisotopic (exact) mass is 269 g/mol. The van der Waals surface area contributed by atoms with Crippen molar-refractivity contribution >= 4 is 5.97 Å². The van der Waals surface area contributed by atoms with Crippen LogP contribution in [0.4, 0.5) is 13.2 Å². The molecule has 7 heteroatoms. The highest BCUT2D eigenvalue weighted by atomic mass is 19.4.